The Morgan fingerprint density at radius 3 is 2.95 bits per heavy atom. The van der Waals surface area contributed by atoms with Crippen molar-refractivity contribution in [2.24, 2.45) is 0 Å². The number of amides is 1. The van der Waals surface area contributed by atoms with Crippen molar-refractivity contribution < 1.29 is 9.53 Å². The molecule has 2 rings (SSSR count). The van der Waals surface area contributed by atoms with E-state index in [1.165, 1.54) is 0 Å². The molecule has 1 amide bonds. The number of para-hydroxylation sites is 1. The number of likely N-dealkylation sites (N-methyl/N-ethyl adjacent to an activating group) is 1. The van der Waals surface area contributed by atoms with Crippen LogP contribution in [-0.4, -0.2) is 29.1 Å². The van der Waals surface area contributed by atoms with Gasteiger partial charge in [0.25, 0.3) is 0 Å². The predicted molar refractivity (Wildman–Crippen MR) is 74.1 cm³/mol. The van der Waals surface area contributed by atoms with Crippen LogP contribution in [0.4, 0.5) is 5.95 Å². The molecule has 0 spiro atoms. The first-order valence-corrected chi connectivity index (χ1v) is 6.18. The van der Waals surface area contributed by atoms with Gasteiger partial charge in [-0.3, -0.25) is 9.36 Å². The maximum atomic E-state index is 11.9. The van der Waals surface area contributed by atoms with E-state index >= 15 is 0 Å². The summed E-state index contributed by atoms with van der Waals surface area (Å²) < 4.78 is 6.96. The maximum absolute atomic E-state index is 11.9. The molecule has 0 fully saturated rings. The Balaban J connectivity index is 2.54. The molecular weight excluding hydrogens is 244 g/mol. The van der Waals surface area contributed by atoms with Crippen LogP contribution in [-0.2, 0) is 4.79 Å². The number of ether oxygens (including phenoxy) is 1. The zero-order chi connectivity index (χ0) is 14.0. The first-order chi connectivity index (χ1) is 9.10. The highest BCUT2D eigenvalue weighted by Crippen LogP contribution is 2.29. The van der Waals surface area contributed by atoms with Gasteiger partial charge in [-0.15, -0.1) is 0 Å². The van der Waals surface area contributed by atoms with Gasteiger partial charge in [0.05, 0.1) is 12.6 Å². The minimum Gasteiger partial charge on any atom is -0.494 e. The van der Waals surface area contributed by atoms with Crippen molar-refractivity contribution in [2.45, 2.75) is 19.9 Å². The van der Waals surface area contributed by atoms with E-state index in [1.807, 2.05) is 25.1 Å². The third-order valence-corrected chi connectivity index (χ3v) is 3.05. The molecule has 0 aliphatic carbocycles. The molecule has 0 bridgehead atoms. The molecule has 1 aromatic carbocycles. The molecule has 2 aromatic rings. The van der Waals surface area contributed by atoms with Gasteiger partial charge >= 0.3 is 0 Å². The number of methoxy groups -OCH3 is 1. The van der Waals surface area contributed by atoms with Crippen LogP contribution in [0, 0.1) is 0 Å². The minimum atomic E-state index is -0.419. The molecule has 1 heterocycles. The largest absolute Gasteiger partial charge is 0.494 e. The van der Waals surface area contributed by atoms with Crippen LogP contribution in [0.1, 0.15) is 19.9 Å². The number of imidazole rings is 1. The highest BCUT2D eigenvalue weighted by atomic mass is 16.5. The maximum Gasteiger partial charge on any atom is 0.242 e. The molecule has 1 aromatic heterocycles. The fraction of sp³-hybridized carbons (Fsp3) is 0.385. The van der Waals surface area contributed by atoms with Crippen molar-refractivity contribution in [1.82, 2.24) is 14.9 Å². The van der Waals surface area contributed by atoms with E-state index in [4.69, 9.17) is 10.5 Å². The molecule has 0 saturated heterocycles. The smallest absolute Gasteiger partial charge is 0.242 e. The molecular formula is C13H18N4O2. The second-order valence-corrected chi connectivity index (χ2v) is 4.24. The lowest BCUT2D eigenvalue weighted by molar-refractivity contribution is -0.123. The van der Waals surface area contributed by atoms with E-state index in [0.29, 0.717) is 23.8 Å². The highest BCUT2D eigenvalue weighted by Gasteiger charge is 2.21. The average molecular weight is 262 g/mol. The summed E-state index contributed by atoms with van der Waals surface area (Å²) in [5.41, 5.74) is 7.38. The highest BCUT2D eigenvalue weighted by molar-refractivity contribution is 5.88. The predicted octanol–water partition coefficient (Wildman–Crippen LogP) is 1.32. The molecule has 19 heavy (non-hydrogen) atoms. The van der Waals surface area contributed by atoms with Gasteiger partial charge in [0.1, 0.15) is 17.3 Å². The van der Waals surface area contributed by atoms with Gasteiger partial charge < -0.3 is 15.8 Å². The van der Waals surface area contributed by atoms with Crippen LogP contribution in [0.15, 0.2) is 18.2 Å². The van der Waals surface area contributed by atoms with Gasteiger partial charge in [-0.1, -0.05) is 6.07 Å². The molecule has 0 aliphatic rings. The summed E-state index contributed by atoms with van der Waals surface area (Å²) in [6.07, 6.45) is 0. The quantitative estimate of drug-likeness (QED) is 0.870. The van der Waals surface area contributed by atoms with Gasteiger partial charge in [0.15, 0.2) is 0 Å². The number of nitrogens with one attached hydrogen (secondary N) is 1. The molecule has 6 nitrogen and oxygen atoms in total. The molecule has 102 valence electrons. The summed E-state index contributed by atoms with van der Waals surface area (Å²) in [6, 6.07) is 5.12. The number of hydrogen-bond acceptors (Lipinski definition) is 4. The molecule has 1 unspecified atom stereocenters. The van der Waals surface area contributed by atoms with E-state index < -0.39 is 6.04 Å². The van der Waals surface area contributed by atoms with E-state index in [0.717, 1.165) is 5.52 Å². The first kappa shape index (κ1) is 13.2. The molecule has 0 aliphatic heterocycles. The van der Waals surface area contributed by atoms with Gasteiger partial charge in [0, 0.05) is 6.54 Å². The first-order valence-electron chi connectivity index (χ1n) is 6.18. The summed E-state index contributed by atoms with van der Waals surface area (Å²) in [5.74, 6) is 0.862. The number of anilines is 1. The van der Waals surface area contributed by atoms with Gasteiger partial charge in [0.2, 0.25) is 11.9 Å². The van der Waals surface area contributed by atoms with E-state index in [1.54, 1.807) is 18.6 Å². The number of nitrogen functional groups attached to an aromatic ring is 1. The normalized spacial score (nSPS) is 12.4. The third kappa shape index (κ3) is 2.21. The molecule has 0 saturated carbocycles. The number of rotatable bonds is 4. The van der Waals surface area contributed by atoms with Crippen LogP contribution >= 0.6 is 0 Å². The van der Waals surface area contributed by atoms with Crippen molar-refractivity contribution in [3.05, 3.63) is 18.2 Å². The SMILES string of the molecule is CCNC(=O)C(C)n1c(N)nc2c(OC)cccc21. The fourth-order valence-corrected chi connectivity index (χ4v) is 2.12. The lowest BCUT2D eigenvalue weighted by atomic mass is 10.2. The number of aromatic nitrogens is 2. The van der Waals surface area contributed by atoms with Crippen LogP contribution in [0.25, 0.3) is 11.0 Å². The summed E-state index contributed by atoms with van der Waals surface area (Å²) in [6.45, 7) is 4.25. The van der Waals surface area contributed by atoms with Crippen LogP contribution in [0.3, 0.4) is 0 Å². The Morgan fingerprint density at radius 2 is 2.32 bits per heavy atom. The summed E-state index contributed by atoms with van der Waals surface area (Å²) in [4.78, 5) is 16.2. The second kappa shape index (κ2) is 5.17. The minimum absolute atomic E-state index is 0.0867. The van der Waals surface area contributed by atoms with Gasteiger partial charge in [-0.25, -0.2) is 4.98 Å². The number of nitrogens with two attached hydrogens (primary N) is 1. The summed E-state index contributed by atoms with van der Waals surface area (Å²) in [5, 5.41) is 2.78. The molecule has 3 N–H and O–H groups in total. The zero-order valence-corrected chi connectivity index (χ0v) is 11.3. The molecule has 0 radical (unpaired) electrons. The summed E-state index contributed by atoms with van der Waals surface area (Å²) in [7, 11) is 1.58. The number of benzene rings is 1. The second-order valence-electron chi connectivity index (χ2n) is 4.24. The number of nitrogens with zero attached hydrogens (tertiary/aromatic N) is 2. The Kier molecular flexibility index (Phi) is 3.59. The lowest BCUT2D eigenvalue weighted by Crippen LogP contribution is -2.31. The van der Waals surface area contributed by atoms with Gasteiger partial charge in [-0.2, -0.15) is 0 Å². The Bertz CT molecular complexity index is 606. The van der Waals surface area contributed by atoms with Crippen molar-refractivity contribution in [1.29, 1.82) is 0 Å². The number of carbonyl (C=O) groups is 1. The van der Waals surface area contributed by atoms with Crippen molar-refractivity contribution >= 4 is 22.9 Å². The molecule has 1 atom stereocenters. The van der Waals surface area contributed by atoms with Crippen LogP contribution in [0.2, 0.25) is 0 Å². The monoisotopic (exact) mass is 262 g/mol. The lowest BCUT2D eigenvalue weighted by Gasteiger charge is -2.15. The number of fused-ring (bicyclic) bond motifs is 1. The number of carbonyl (C=O) groups excluding carboxylic acids is 1. The van der Waals surface area contributed by atoms with Gasteiger partial charge in [-0.05, 0) is 26.0 Å². The van der Waals surface area contributed by atoms with Crippen LogP contribution in [0.5, 0.6) is 5.75 Å². The fourth-order valence-electron chi connectivity index (χ4n) is 2.12. The summed E-state index contributed by atoms with van der Waals surface area (Å²) >= 11 is 0. The zero-order valence-electron chi connectivity index (χ0n) is 11.3. The Hall–Kier alpha value is -2.24. The van der Waals surface area contributed by atoms with E-state index in [9.17, 15) is 4.79 Å². The van der Waals surface area contributed by atoms with Crippen molar-refractivity contribution in [3.8, 4) is 5.75 Å². The van der Waals surface area contributed by atoms with E-state index in [-0.39, 0.29) is 5.91 Å². The van der Waals surface area contributed by atoms with Crippen molar-refractivity contribution in [3.63, 3.8) is 0 Å². The Morgan fingerprint density at radius 1 is 1.58 bits per heavy atom. The van der Waals surface area contributed by atoms with E-state index in [2.05, 4.69) is 10.3 Å². The average Bonchev–Trinajstić information content (AvgIpc) is 2.73. The van der Waals surface area contributed by atoms with Crippen molar-refractivity contribution in [2.75, 3.05) is 19.4 Å². The number of hydrogen-bond donors (Lipinski definition) is 2. The van der Waals surface area contributed by atoms with Crippen LogP contribution < -0.4 is 15.8 Å². The third-order valence-electron chi connectivity index (χ3n) is 3.05. The standard InChI is InChI=1S/C13H18N4O2/c1-4-15-12(18)8(2)17-9-6-5-7-10(19-3)11(9)16-13(17)14/h5-8H,4H2,1-3H3,(H2,14,16)(H,15,18). The Labute approximate surface area is 111 Å². The topological polar surface area (TPSA) is 82.2 Å². The molecule has 6 heteroatoms.